The summed E-state index contributed by atoms with van der Waals surface area (Å²) in [5.41, 5.74) is 5.43. The van der Waals surface area contributed by atoms with Crippen LogP contribution in [-0.4, -0.2) is 51.4 Å². The predicted molar refractivity (Wildman–Crippen MR) is 77.9 cm³/mol. The van der Waals surface area contributed by atoms with E-state index in [0.29, 0.717) is 23.6 Å². The molecule has 0 aromatic carbocycles. The second-order valence-corrected chi connectivity index (χ2v) is 6.11. The number of nitrogens with two attached hydrogens (primary N) is 1. The first-order valence-corrected chi connectivity index (χ1v) is 7.63. The summed E-state index contributed by atoms with van der Waals surface area (Å²) in [6.07, 6.45) is -0.164. The van der Waals surface area contributed by atoms with E-state index in [1.807, 2.05) is 6.92 Å². The number of thioether (sulfide) groups is 1. The molecular formula is C13H22N2O4S. The number of aliphatic hydroxyl groups is 1. The minimum absolute atomic E-state index is 0.0113. The number of aliphatic hydroxyl groups excluding tert-OH is 1. The number of hydrogen-bond donors (Lipinski definition) is 3. The Morgan fingerprint density at radius 1 is 1.55 bits per heavy atom. The van der Waals surface area contributed by atoms with E-state index < -0.39 is 18.0 Å². The zero-order valence-corrected chi connectivity index (χ0v) is 12.8. The van der Waals surface area contributed by atoms with Gasteiger partial charge in [0.25, 0.3) is 0 Å². The Balaban J connectivity index is 3.05. The van der Waals surface area contributed by atoms with Crippen LogP contribution in [-0.2, 0) is 9.59 Å². The van der Waals surface area contributed by atoms with Crippen molar-refractivity contribution in [2.24, 2.45) is 11.7 Å². The number of nitrogens with zero attached hydrogens (tertiary/aromatic N) is 1. The van der Waals surface area contributed by atoms with Gasteiger partial charge in [0, 0.05) is 17.2 Å². The van der Waals surface area contributed by atoms with Gasteiger partial charge in [-0.2, -0.15) is 0 Å². The van der Waals surface area contributed by atoms with Crippen LogP contribution in [0.2, 0.25) is 0 Å². The van der Waals surface area contributed by atoms with Crippen LogP contribution in [0.4, 0.5) is 0 Å². The number of carboxylic acids is 1. The van der Waals surface area contributed by atoms with Crippen LogP contribution in [0, 0.1) is 5.92 Å². The molecule has 1 rings (SSSR count). The summed E-state index contributed by atoms with van der Waals surface area (Å²) in [4.78, 5) is 25.5. The maximum absolute atomic E-state index is 12.1. The summed E-state index contributed by atoms with van der Waals surface area (Å²) < 4.78 is 0. The van der Waals surface area contributed by atoms with Gasteiger partial charge in [0.2, 0.25) is 5.91 Å². The third-order valence-corrected chi connectivity index (χ3v) is 4.49. The number of allylic oxidation sites excluding steroid dienone is 1. The molecule has 3 unspecified atom stereocenters. The summed E-state index contributed by atoms with van der Waals surface area (Å²) in [7, 11) is 0. The van der Waals surface area contributed by atoms with E-state index >= 15 is 0 Å². The van der Waals surface area contributed by atoms with E-state index in [1.54, 1.807) is 13.8 Å². The van der Waals surface area contributed by atoms with Gasteiger partial charge in [0.1, 0.15) is 5.70 Å². The number of rotatable bonds is 7. The Morgan fingerprint density at radius 2 is 2.15 bits per heavy atom. The number of aliphatic carboxylic acids is 1. The average molecular weight is 302 g/mol. The van der Waals surface area contributed by atoms with Gasteiger partial charge in [-0.1, -0.05) is 6.92 Å². The monoisotopic (exact) mass is 302 g/mol. The Bertz CT molecular complexity index is 423. The lowest BCUT2D eigenvalue weighted by Gasteiger charge is -2.48. The second kappa shape index (κ2) is 7.10. The molecule has 1 saturated heterocycles. The maximum Gasteiger partial charge on any atom is 0.353 e. The molecule has 7 heteroatoms. The van der Waals surface area contributed by atoms with Gasteiger partial charge in [-0.3, -0.25) is 4.79 Å². The molecule has 0 radical (unpaired) electrons. The highest BCUT2D eigenvalue weighted by atomic mass is 32.2. The van der Waals surface area contributed by atoms with Crippen molar-refractivity contribution in [3.8, 4) is 0 Å². The maximum atomic E-state index is 12.1. The summed E-state index contributed by atoms with van der Waals surface area (Å²) in [5.74, 6) is -1.36. The van der Waals surface area contributed by atoms with Crippen molar-refractivity contribution < 1.29 is 19.8 Å². The molecule has 114 valence electrons. The molecule has 1 aliphatic rings. The molecule has 1 fully saturated rings. The van der Waals surface area contributed by atoms with E-state index in [-0.39, 0.29) is 17.6 Å². The lowest BCUT2D eigenvalue weighted by Crippen LogP contribution is -2.64. The second-order valence-electron chi connectivity index (χ2n) is 4.80. The Hall–Kier alpha value is -1.05. The van der Waals surface area contributed by atoms with Crippen molar-refractivity contribution in [2.45, 2.75) is 39.3 Å². The van der Waals surface area contributed by atoms with Crippen molar-refractivity contribution >= 4 is 23.6 Å². The van der Waals surface area contributed by atoms with Crippen molar-refractivity contribution in [1.82, 2.24) is 4.90 Å². The minimum Gasteiger partial charge on any atom is -0.477 e. The van der Waals surface area contributed by atoms with Crippen molar-refractivity contribution in [3.63, 3.8) is 0 Å². The number of likely N-dealkylation sites (tertiary alicyclic amines) is 1. The molecule has 0 aliphatic carbocycles. The summed E-state index contributed by atoms with van der Waals surface area (Å²) in [5, 5.41) is 19.0. The van der Waals surface area contributed by atoms with Gasteiger partial charge in [0.05, 0.1) is 18.1 Å². The van der Waals surface area contributed by atoms with Gasteiger partial charge in [-0.05, 0) is 20.3 Å². The highest BCUT2D eigenvalue weighted by Crippen LogP contribution is 2.37. The standard InChI is InChI=1S/C13H22N2O4S/c1-4-9-10(7(2)16)12(17)15(9)11(13(18)19)8(3)20-6-5-14/h7,9-10,16H,4-6,14H2,1-3H3,(H,18,19)/b11-8+. The van der Waals surface area contributed by atoms with Gasteiger partial charge in [-0.25, -0.2) is 4.79 Å². The lowest BCUT2D eigenvalue weighted by atomic mass is 9.81. The van der Waals surface area contributed by atoms with E-state index in [4.69, 9.17) is 5.73 Å². The van der Waals surface area contributed by atoms with Crippen molar-refractivity contribution in [1.29, 1.82) is 0 Å². The quantitative estimate of drug-likeness (QED) is 0.470. The van der Waals surface area contributed by atoms with Gasteiger partial charge >= 0.3 is 5.97 Å². The Kier molecular flexibility index (Phi) is 6.04. The smallest absolute Gasteiger partial charge is 0.353 e. The molecule has 1 amide bonds. The van der Waals surface area contributed by atoms with Crippen LogP contribution in [0.5, 0.6) is 0 Å². The van der Waals surface area contributed by atoms with Crippen molar-refractivity contribution in [3.05, 3.63) is 10.6 Å². The minimum atomic E-state index is -1.12. The summed E-state index contributed by atoms with van der Waals surface area (Å²) in [6, 6.07) is -0.262. The molecule has 0 spiro atoms. The molecule has 20 heavy (non-hydrogen) atoms. The zero-order chi connectivity index (χ0) is 15.4. The molecule has 0 aromatic heterocycles. The van der Waals surface area contributed by atoms with Gasteiger partial charge in [-0.15, -0.1) is 11.8 Å². The number of amides is 1. The van der Waals surface area contributed by atoms with Crippen LogP contribution in [0.3, 0.4) is 0 Å². The van der Waals surface area contributed by atoms with Crippen LogP contribution in [0.1, 0.15) is 27.2 Å². The molecule has 1 aliphatic heterocycles. The third kappa shape index (κ3) is 3.16. The molecule has 4 N–H and O–H groups in total. The molecular weight excluding hydrogens is 280 g/mol. The van der Waals surface area contributed by atoms with E-state index in [2.05, 4.69) is 0 Å². The first-order chi connectivity index (χ1) is 9.36. The van der Waals surface area contributed by atoms with E-state index in [9.17, 15) is 19.8 Å². The number of hydrogen-bond acceptors (Lipinski definition) is 5. The summed E-state index contributed by atoms with van der Waals surface area (Å²) in [6.45, 7) is 5.56. The van der Waals surface area contributed by atoms with Crippen molar-refractivity contribution in [2.75, 3.05) is 12.3 Å². The highest BCUT2D eigenvalue weighted by Gasteiger charge is 2.51. The SMILES string of the molecule is CCC1C(C(C)O)C(=O)N1/C(C(=O)O)=C(\C)SCCN. The number of carbonyl (C=O) groups excluding carboxylic acids is 1. The first-order valence-electron chi connectivity index (χ1n) is 6.64. The fourth-order valence-corrected chi connectivity index (χ4v) is 3.26. The molecule has 0 aromatic rings. The van der Waals surface area contributed by atoms with Crippen LogP contribution >= 0.6 is 11.8 Å². The third-order valence-electron chi connectivity index (χ3n) is 3.42. The number of carboxylic acid groups (broad SMARTS) is 1. The van der Waals surface area contributed by atoms with E-state index in [0.717, 1.165) is 0 Å². The molecule has 0 bridgehead atoms. The van der Waals surface area contributed by atoms with Gasteiger partial charge < -0.3 is 20.8 Å². The number of carbonyl (C=O) groups is 2. The Morgan fingerprint density at radius 3 is 2.55 bits per heavy atom. The molecule has 1 heterocycles. The molecule has 6 nitrogen and oxygen atoms in total. The lowest BCUT2D eigenvalue weighted by molar-refractivity contribution is -0.163. The van der Waals surface area contributed by atoms with Crippen LogP contribution in [0.15, 0.2) is 10.6 Å². The zero-order valence-electron chi connectivity index (χ0n) is 12.0. The average Bonchev–Trinajstić information content (AvgIpc) is 2.37. The van der Waals surface area contributed by atoms with E-state index in [1.165, 1.54) is 16.7 Å². The fraction of sp³-hybridized carbons (Fsp3) is 0.692. The largest absolute Gasteiger partial charge is 0.477 e. The van der Waals surface area contributed by atoms with Crippen LogP contribution in [0.25, 0.3) is 0 Å². The highest BCUT2D eigenvalue weighted by molar-refractivity contribution is 8.03. The number of β-lactam (4-membered cyclic amide) rings is 1. The predicted octanol–water partition coefficient (Wildman–Crippen LogP) is 0.612. The normalized spacial score (nSPS) is 25.1. The Labute approximate surface area is 123 Å². The first kappa shape index (κ1) is 17.0. The molecule has 0 saturated carbocycles. The topological polar surface area (TPSA) is 104 Å². The fourth-order valence-electron chi connectivity index (χ4n) is 2.51. The van der Waals surface area contributed by atoms with Gasteiger partial charge in [0.15, 0.2) is 0 Å². The summed E-state index contributed by atoms with van der Waals surface area (Å²) >= 11 is 1.33. The molecule has 3 atom stereocenters. The van der Waals surface area contributed by atoms with Crippen LogP contribution < -0.4 is 5.73 Å².